The second kappa shape index (κ2) is 9.00. The maximum Gasteiger partial charge on any atom is 0.234 e. The van der Waals surface area contributed by atoms with Crippen molar-refractivity contribution in [2.24, 2.45) is 0 Å². The highest BCUT2D eigenvalue weighted by Gasteiger charge is 2.14. The van der Waals surface area contributed by atoms with Gasteiger partial charge in [-0.05, 0) is 61.0 Å². The van der Waals surface area contributed by atoms with Gasteiger partial charge in [0.2, 0.25) is 11.1 Å². The summed E-state index contributed by atoms with van der Waals surface area (Å²) >= 11 is 2.88. The van der Waals surface area contributed by atoms with Crippen LogP contribution in [-0.4, -0.2) is 36.5 Å². The average molecular weight is 474 g/mol. The molecule has 0 atom stereocenters. The molecule has 33 heavy (non-hydrogen) atoms. The lowest BCUT2D eigenvalue weighted by Crippen LogP contribution is -2.16. The largest absolute Gasteiger partial charge is 0.335 e. The monoisotopic (exact) mass is 473 g/mol. The number of nitrogens with zero attached hydrogens (tertiary/aromatic N) is 5. The van der Waals surface area contributed by atoms with E-state index in [-0.39, 0.29) is 11.7 Å². The number of pyridine rings is 1. The molecule has 0 fully saturated rings. The lowest BCUT2D eigenvalue weighted by molar-refractivity contribution is -0.113. The number of nitrogens with one attached hydrogen (secondary N) is 1. The molecule has 2 aromatic carbocycles. The lowest BCUT2D eigenvalue weighted by Gasteiger charge is -2.06. The molecule has 8 nitrogen and oxygen atoms in total. The van der Waals surface area contributed by atoms with Gasteiger partial charge in [0.15, 0.2) is 5.82 Å². The Labute approximate surface area is 197 Å². The van der Waals surface area contributed by atoms with Gasteiger partial charge in [-0.15, -0.1) is 21.5 Å². The molecule has 3 heterocycles. The molecule has 5 aromatic rings. The first-order chi connectivity index (χ1) is 16.1. The van der Waals surface area contributed by atoms with Crippen molar-refractivity contribution in [3.63, 3.8) is 0 Å². The van der Waals surface area contributed by atoms with Crippen molar-refractivity contribution in [2.45, 2.75) is 12.1 Å². The number of aromatic nitrogens is 5. The predicted octanol–water partition coefficient (Wildman–Crippen LogP) is 4.37. The Morgan fingerprint density at radius 3 is 2.76 bits per heavy atom. The van der Waals surface area contributed by atoms with Gasteiger partial charge in [0, 0.05) is 29.2 Å². The van der Waals surface area contributed by atoms with Crippen LogP contribution in [0.25, 0.3) is 32.2 Å². The zero-order valence-electron chi connectivity index (χ0n) is 17.6. The Hall–Kier alpha value is -3.76. The number of anilines is 1. The summed E-state index contributed by atoms with van der Waals surface area (Å²) in [5, 5.41) is 12.5. The smallest absolute Gasteiger partial charge is 0.234 e. The fourth-order valence-corrected chi connectivity index (χ4v) is 4.97. The van der Waals surface area contributed by atoms with Crippen molar-refractivity contribution in [2.75, 3.05) is 16.9 Å². The van der Waals surface area contributed by atoms with Crippen molar-refractivity contribution in [3.05, 3.63) is 72.6 Å². The molecule has 0 bridgehead atoms. The summed E-state index contributed by atoms with van der Waals surface area (Å²) in [5.41, 5.74) is 4.70. The minimum Gasteiger partial charge on any atom is -0.335 e. The molecule has 0 aliphatic carbocycles. The topological polar surface area (TPSA) is 112 Å². The molecule has 3 aromatic heterocycles. The summed E-state index contributed by atoms with van der Waals surface area (Å²) in [4.78, 5) is 21.2. The number of carbonyl (C=O) groups excluding carboxylic acids is 1. The number of carbonyl (C=O) groups is 1. The van der Waals surface area contributed by atoms with E-state index < -0.39 is 0 Å². The first kappa shape index (κ1) is 21.1. The number of hydrogen-bond acceptors (Lipinski definition) is 8. The highest BCUT2D eigenvalue weighted by Crippen LogP contribution is 2.31. The fourth-order valence-electron chi connectivity index (χ4n) is 3.25. The van der Waals surface area contributed by atoms with Crippen LogP contribution in [0.2, 0.25) is 0 Å². The van der Waals surface area contributed by atoms with Gasteiger partial charge < -0.3 is 11.2 Å². The van der Waals surface area contributed by atoms with Crippen LogP contribution in [0, 0.1) is 6.92 Å². The molecule has 0 aliphatic rings. The third kappa shape index (κ3) is 4.57. The average Bonchev–Trinajstić information content (AvgIpc) is 3.41. The minimum absolute atomic E-state index is 0.154. The van der Waals surface area contributed by atoms with E-state index in [2.05, 4.69) is 39.6 Å². The minimum atomic E-state index is -0.158. The Morgan fingerprint density at radius 1 is 1.12 bits per heavy atom. The summed E-state index contributed by atoms with van der Waals surface area (Å²) in [6.45, 7) is 2.08. The third-order valence-corrected chi connectivity index (χ3v) is 6.89. The first-order valence-corrected chi connectivity index (χ1v) is 11.9. The molecule has 5 rings (SSSR count). The number of amides is 1. The van der Waals surface area contributed by atoms with Crippen molar-refractivity contribution in [1.82, 2.24) is 24.8 Å². The van der Waals surface area contributed by atoms with Crippen molar-refractivity contribution < 1.29 is 4.79 Å². The number of nitrogens with two attached hydrogens (primary N) is 1. The van der Waals surface area contributed by atoms with E-state index in [9.17, 15) is 4.79 Å². The van der Waals surface area contributed by atoms with E-state index in [4.69, 9.17) is 10.8 Å². The molecule has 0 unspecified atom stereocenters. The van der Waals surface area contributed by atoms with Gasteiger partial charge in [0.25, 0.3) is 0 Å². The second-order valence-corrected chi connectivity index (χ2v) is 9.30. The van der Waals surface area contributed by atoms with Crippen LogP contribution in [0.15, 0.2) is 72.1 Å². The molecule has 0 radical (unpaired) electrons. The third-order valence-electron chi connectivity index (χ3n) is 4.88. The molecule has 1 amide bonds. The number of hydrogen-bond donors (Lipinski definition) is 2. The molecule has 0 spiro atoms. The van der Waals surface area contributed by atoms with E-state index in [1.165, 1.54) is 26.7 Å². The summed E-state index contributed by atoms with van der Waals surface area (Å²) in [7, 11) is 0. The van der Waals surface area contributed by atoms with Crippen molar-refractivity contribution >= 4 is 44.9 Å². The number of fused-ring (bicyclic) bond motifs is 1. The molecule has 0 saturated heterocycles. The molecule has 0 aliphatic heterocycles. The summed E-state index contributed by atoms with van der Waals surface area (Å²) in [6.07, 6.45) is 3.33. The van der Waals surface area contributed by atoms with Gasteiger partial charge in [-0.3, -0.25) is 9.78 Å². The van der Waals surface area contributed by atoms with Crippen LogP contribution in [0.4, 0.5) is 5.69 Å². The van der Waals surface area contributed by atoms with Crippen LogP contribution >= 0.6 is 23.1 Å². The van der Waals surface area contributed by atoms with Crippen LogP contribution in [-0.2, 0) is 4.79 Å². The molecule has 164 valence electrons. The number of rotatable bonds is 6. The van der Waals surface area contributed by atoms with Gasteiger partial charge in [-0.2, -0.15) is 0 Å². The normalized spacial score (nSPS) is 11.1. The summed E-state index contributed by atoms with van der Waals surface area (Å²) in [5.74, 6) is 6.58. The highest BCUT2D eigenvalue weighted by atomic mass is 32.2. The predicted molar refractivity (Wildman–Crippen MR) is 133 cm³/mol. The summed E-state index contributed by atoms with van der Waals surface area (Å²) in [6, 6.07) is 17.6. The SMILES string of the molecule is Cc1ccc2nc(-c3ccc(NC(=O)CSc4nnc(-c5cccnc5)n4N)cc3)sc2c1. The zero-order valence-corrected chi connectivity index (χ0v) is 19.2. The van der Waals surface area contributed by atoms with Crippen LogP contribution in [0.3, 0.4) is 0 Å². The van der Waals surface area contributed by atoms with Crippen LogP contribution < -0.4 is 11.2 Å². The number of aryl methyl sites for hydroxylation is 1. The fraction of sp³-hybridized carbons (Fsp3) is 0.0870. The maximum absolute atomic E-state index is 12.4. The van der Waals surface area contributed by atoms with Crippen molar-refractivity contribution in [3.8, 4) is 22.0 Å². The van der Waals surface area contributed by atoms with Gasteiger partial charge in [-0.25, -0.2) is 9.66 Å². The Kier molecular flexibility index (Phi) is 5.76. The Balaban J connectivity index is 1.21. The zero-order chi connectivity index (χ0) is 22.8. The Bertz CT molecular complexity index is 1430. The highest BCUT2D eigenvalue weighted by molar-refractivity contribution is 7.99. The second-order valence-electron chi connectivity index (χ2n) is 7.32. The van der Waals surface area contributed by atoms with Crippen LogP contribution in [0.5, 0.6) is 0 Å². The summed E-state index contributed by atoms with van der Waals surface area (Å²) < 4.78 is 2.53. The van der Waals surface area contributed by atoms with E-state index in [1.54, 1.807) is 29.8 Å². The Morgan fingerprint density at radius 2 is 1.97 bits per heavy atom. The quantitative estimate of drug-likeness (QED) is 0.278. The molecule has 0 saturated carbocycles. The van der Waals surface area contributed by atoms with Gasteiger partial charge >= 0.3 is 0 Å². The van der Waals surface area contributed by atoms with Crippen molar-refractivity contribution in [1.29, 1.82) is 0 Å². The number of nitrogen functional groups attached to an aromatic ring is 1. The molecular weight excluding hydrogens is 454 g/mol. The van der Waals surface area contributed by atoms with Gasteiger partial charge in [-0.1, -0.05) is 17.8 Å². The van der Waals surface area contributed by atoms with E-state index in [0.29, 0.717) is 16.7 Å². The molecular formula is C23H19N7OS2. The number of thioether (sulfide) groups is 1. The maximum atomic E-state index is 12.4. The molecule has 3 N–H and O–H groups in total. The van der Waals surface area contributed by atoms with Gasteiger partial charge in [0.1, 0.15) is 5.01 Å². The van der Waals surface area contributed by atoms with Gasteiger partial charge in [0.05, 0.1) is 16.0 Å². The van der Waals surface area contributed by atoms with E-state index >= 15 is 0 Å². The van der Waals surface area contributed by atoms with Crippen LogP contribution in [0.1, 0.15) is 5.56 Å². The first-order valence-electron chi connectivity index (χ1n) is 10.1. The van der Waals surface area contributed by atoms with E-state index in [0.717, 1.165) is 21.7 Å². The number of thiazole rings is 1. The number of benzene rings is 2. The van der Waals surface area contributed by atoms with E-state index in [1.807, 2.05) is 36.4 Å². The standard InChI is InChI=1S/C23H19N7OS2/c1-14-4-9-18-19(11-14)33-22(27-18)15-5-7-17(8-6-15)26-20(31)13-32-23-29-28-21(30(23)24)16-3-2-10-25-12-16/h2-12H,13,24H2,1H3,(H,26,31). The lowest BCUT2D eigenvalue weighted by atomic mass is 10.2. The molecule has 10 heteroatoms.